The lowest BCUT2D eigenvalue weighted by atomic mass is 9.78. The SMILES string of the molecule is CCC1(C)CCN(c2ccc(C(N)=S)cn2)CC1. The largest absolute Gasteiger partial charge is 0.389 e. The average Bonchev–Trinajstić information content (AvgIpc) is 2.40. The van der Waals surface area contributed by atoms with Gasteiger partial charge in [-0.3, -0.25) is 0 Å². The second kappa shape index (κ2) is 5.22. The summed E-state index contributed by atoms with van der Waals surface area (Å²) in [6, 6.07) is 3.97. The van der Waals surface area contributed by atoms with Crippen molar-refractivity contribution in [3.8, 4) is 0 Å². The van der Waals surface area contributed by atoms with Crippen LogP contribution in [0.4, 0.5) is 5.82 Å². The van der Waals surface area contributed by atoms with Gasteiger partial charge in [0, 0.05) is 24.8 Å². The molecule has 2 N–H and O–H groups in total. The van der Waals surface area contributed by atoms with Gasteiger partial charge >= 0.3 is 0 Å². The van der Waals surface area contributed by atoms with Crippen LogP contribution in [-0.4, -0.2) is 23.1 Å². The average molecular weight is 263 g/mol. The molecule has 0 amide bonds. The van der Waals surface area contributed by atoms with Crippen LogP contribution >= 0.6 is 12.2 Å². The second-order valence-electron chi connectivity index (χ2n) is 5.42. The van der Waals surface area contributed by atoms with Crippen LogP contribution in [0.5, 0.6) is 0 Å². The van der Waals surface area contributed by atoms with Crippen molar-refractivity contribution in [3.05, 3.63) is 23.9 Å². The Balaban J connectivity index is 2.03. The summed E-state index contributed by atoms with van der Waals surface area (Å²) in [5.41, 5.74) is 6.92. The van der Waals surface area contributed by atoms with Crippen LogP contribution in [0.1, 0.15) is 38.7 Å². The van der Waals surface area contributed by atoms with E-state index in [1.807, 2.05) is 12.1 Å². The maximum atomic E-state index is 5.57. The molecule has 0 saturated carbocycles. The maximum absolute atomic E-state index is 5.57. The highest BCUT2D eigenvalue weighted by Crippen LogP contribution is 2.35. The van der Waals surface area contributed by atoms with E-state index in [0.717, 1.165) is 24.5 Å². The molecule has 1 aliphatic rings. The molecule has 1 aliphatic heterocycles. The van der Waals surface area contributed by atoms with E-state index in [1.54, 1.807) is 6.20 Å². The van der Waals surface area contributed by atoms with E-state index in [0.29, 0.717) is 10.4 Å². The van der Waals surface area contributed by atoms with Gasteiger partial charge in [-0.25, -0.2) is 4.98 Å². The maximum Gasteiger partial charge on any atom is 0.128 e. The number of hydrogen-bond donors (Lipinski definition) is 1. The van der Waals surface area contributed by atoms with Gasteiger partial charge in [0.15, 0.2) is 0 Å². The van der Waals surface area contributed by atoms with Crippen LogP contribution in [-0.2, 0) is 0 Å². The van der Waals surface area contributed by atoms with Crippen LogP contribution in [0.2, 0.25) is 0 Å². The molecule has 1 saturated heterocycles. The number of rotatable bonds is 3. The summed E-state index contributed by atoms with van der Waals surface area (Å²) in [5, 5.41) is 0. The van der Waals surface area contributed by atoms with Crippen molar-refractivity contribution < 1.29 is 0 Å². The van der Waals surface area contributed by atoms with Gasteiger partial charge in [0.25, 0.3) is 0 Å². The van der Waals surface area contributed by atoms with Crippen molar-refractivity contribution in [1.82, 2.24) is 4.98 Å². The number of nitrogens with zero attached hydrogens (tertiary/aromatic N) is 2. The number of anilines is 1. The zero-order valence-corrected chi connectivity index (χ0v) is 12.0. The van der Waals surface area contributed by atoms with E-state index in [-0.39, 0.29) is 0 Å². The van der Waals surface area contributed by atoms with Crippen molar-refractivity contribution >= 4 is 23.0 Å². The Kier molecular flexibility index (Phi) is 3.85. The Bertz CT molecular complexity index is 419. The Morgan fingerprint density at radius 1 is 1.44 bits per heavy atom. The molecule has 1 aromatic rings. The first-order chi connectivity index (χ1) is 8.54. The first-order valence-electron chi connectivity index (χ1n) is 6.55. The van der Waals surface area contributed by atoms with Crippen molar-refractivity contribution in [2.45, 2.75) is 33.1 Å². The van der Waals surface area contributed by atoms with E-state index >= 15 is 0 Å². The highest BCUT2D eigenvalue weighted by Gasteiger charge is 2.28. The predicted octanol–water partition coefficient (Wildman–Crippen LogP) is 2.73. The van der Waals surface area contributed by atoms with Crippen molar-refractivity contribution in [1.29, 1.82) is 0 Å². The van der Waals surface area contributed by atoms with Gasteiger partial charge in [-0.2, -0.15) is 0 Å². The molecule has 1 fully saturated rings. The predicted molar refractivity (Wildman–Crippen MR) is 80.0 cm³/mol. The quantitative estimate of drug-likeness (QED) is 0.852. The Hall–Kier alpha value is -1.16. The summed E-state index contributed by atoms with van der Waals surface area (Å²) in [6.07, 6.45) is 5.50. The summed E-state index contributed by atoms with van der Waals surface area (Å²) in [5.74, 6) is 1.04. The summed E-state index contributed by atoms with van der Waals surface area (Å²) in [6.45, 7) is 6.84. The molecule has 0 aliphatic carbocycles. The van der Waals surface area contributed by atoms with Crippen LogP contribution in [0.25, 0.3) is 0 Å². The third-order valence-corrected chi connectivity index (χ3v) is 4.42. The lowest BCUT2D eigenvalue weighted by molar-refractivity contribution is 0.238. The summed E-state index contributed by atoms with van der Waals surface area (Å²) < 4.78 is 0. The second-order valence-corrected chi connectivity index (χ2v) is 5.86. The number of piperidine rings is 1. The first-order valence-corrected chi connectivity index (χ1v) is 6.96. The third-order valence-electron chi connectivity index (χ3n) is 4.18. The standard InChI is InChI=1S/C14H21N3S/c1-3-14(2)6-8-17(9-7-14)12-5-4-11(10-16-12)13(15)18/h4-5,10H,3,6-9H2,1-2H3,(H2,15,18). The topological polar surface area (TPSA) is 42.1 Å². The minimum absolute atomic E-state index is 0.409. The van der Waals surface area contributed by atoms with Gasteiger partial charge < -0.3 is 10.6 Å². The highest BCUT2D eigenvalue weighted by atomic mass is 32.1. The fourth-order valence-corrected chi connectivity index (χ4v) is 2.47. The third kappa shape index (κ3) is 2.80. The van der Waals surface area contributed by atoms with E-state index in [1.165, 1.54) is 19.3 Å². The van der Waals surface area contributed by atoms with Gasteiger partial charge in [0.05, 0.1) is 0 Å². The Morgan fingerprint density at radius 3 is 2.56 bits per heavy atom. The van der Waals surface area contributed by atoms with Crippen LogP contribution < -0.4 is 10.6 Å². The molecule has 18 heavy (non-hydrogen) atoms. The lowest BCUT2D eigenvalue weighted by Gasteiger charge is -2.39. The Labute approximate surface area is 114 Å². The monoisotopic (exact) mass is 263 g/mol. The van der Waals surface area contributed by atoms with Crippen molar-refractivity contribution in [2.24, 2.45) is 11.1 Å². The zero-order chi connectivity index (χ0) is 13.2. The van der Waals surface area contributed by atoms with Gasteiger partial charge in [0.2, 0.25) is 0 Å². The van der Waals surface area contributed by atoms with Gasteiger partial charge in [-0.1, -0.05) is 32.5 Å². The number of pyridine rings is 1. The number of nitrogens with two attached hydrogens (primary N) is 1. The molecule has 0 spiro atoms. The zero-order valence-electron chi connectivity index (χ0n) is 11.1. The molecular weight excluding hydrogens is 242 g/mol. The summed E-state index contributed by atoms with van der Waals surface area (Å²) in [4.78, 5) is 7.21. The molecule has 98 valence electrons. The molecule has 1 aromatic heterocycles. The fourth-order valence-electron chi connectivity index (χ4n) is 2.35. The fraction of sp³-hybridized carbons (Fsp3) is 0.571. The van der Waals surface area contributed by atoms with Gasteiger partial charge in [-0.05, 0) is 30.4 Å². The minimum Gasteiger partial charge on any atom is -0.389 e. The van der Waals surface area contributed by atoms with Crippen molar-refractivity contribution in [3.63, 3.8) is 0 Å². The first kappa shape index (κ1) is 13.3. The smallest absolute Gasteiger partial charge is 0.128 e. The Morgan fingerprint density at radius 2 is 2.11 bits per heavy atom. The molecule has 0 bridgehead atoms. The molecular formula is C14H21N3S. The molecule has 0 aromatic carbocycles. The van der Waals surface area contributed by atoms with E-state index in [9.17, 15) is 0 Å². The van der Waals surface area contributed by atoms with Crippen LogP contribution in [0.3, 0.4) is 0 Å². The molecule has 3 nitrogen and oxygen atoms in total. The van der Waals surface area contributed by atoms with Crippen molar-refractivity contribution in [2.75, 3.05) is 18.0 Å². The molecule has 0 unspecified atom stereocenters. The minimum atomic E-state index is 0.409. The highest BCUT2D eigenvalue weighted by molar-refractivity contribution is 7.80. The van der Waals surface area contributed by atoms with Crippen LogP contribution in [0.15, 0.2) is 18.3 Å². The lowest BCUT2D eigenvalue weighted by Crippen LogP contribution is -2.38. The molecule has 0 atom stereocenters. The van der Waals surface area contributed by atoms with Gasteiger partial charge in [-0.15, -0.1) is 0 Å². The molecule has 0 radical (unpaired) electrons. The molecule has 2 heterocycles. The number of thiocarbonyl (C=S) groups is 1. The van der Waals surface area contributed by atoms with E-state index in [2.05, 4.69) is 23.7 Å². The number of hydrogen-bond acceptors (Lipinski definition) is 3. The molecule has 4 heteroatoms. The van der Waals surface area contributed by atoms with E-state index in [4.69, 9.17) is 18.0 Å². The summed E-state index contributed by atoms with van der Waals surface area (Å²) >= 11 is 4.93. The normalized spacial score (nSPS) is 18.7. The molecule has 2 rings (SSSR count). The van der Waals surface area contributed by atoms with E-state index < -0.39 is 0 Å². The van der Waals surface area contributed by atoms with Crippen LogP contribution in [0, 0.1) is 5.41 Å². The number of aromatic nitrogens is 1. The summed E-state index contributed by atoms with van der Waals surface area (Å²) in [7, 11) is 0. The van der Waals surface area contributed by atoms with Gasteiger partial charge in [0.1, 0.15) is 10.8 Å².